The molecule has 8 heteroatoms. The van der Waals surface area contributed by atoms with Crippen LogP contribution in [0.3, 0.4) is 0 Å². The van der Waals surface area contributed by atoms with Crippen LogP contribution in [0.5, 0.6) is 0 Å². The Morgan fingerprint density at radius 3 is 2.19 bits per heavy atom. The van der Waals surface area contributed by atoms with Gasteiger partial charge in [-0.05, 0) is 17.5 Å². The van der Waals surface area contributed by atoms with Crippen molar-refractivity contribution in [2.45, 2.75) is 26.1 Å². The fraction of sp³-hybridized carbons (Fsp3) is 0.750. The number of halogens is 4. The van der Waals surface area contributed by atoms with Crippen LogP contribution in [-0.4, -0.2) is 30.2 Å². The third-order valence-electron chi connectivity index (χ3n) is 1.55. The number of hydrogen-bond donors (Lipinski definition) is 1. The second-order valence-electron chi connectivity index (χ2n) is 3.36. The van der Waals surface area contributed by atoms with E-state index in [4.69, 9.17) is 11.6 Å². The van der Waals surface area contributed by atoms with Crippen molar-refractivity contribution in [3.8, 4) is 0 Å². The van der Waals surface area contributed by atoms with E-state index in [0.29, 0.717) is 0 Å². The van der Waals surface area contributed by atoms with Gasteiger partial charge in [-0.2, -0.15) is 13.2 Å². The zero-order valence-corrected chi connectivity index (χ0v) is 9.35. The summed E-state index contributed by atoms with van der Waals surface area (Å²) in [5.41, 5.74) is 0. The molecule has 0 aromatic rings. The van der Waals surface area contributed by atoms with E-state index < -0.39 is 30.2 Å². The van der Waals surface area contributed by atoms with Crippen LogP contribution in [0.15, 0.2) is 0 Å². The van der Waals surface area contributed by atoms with Crippen molar-refractivity contribution in [2.24, 2.45) is 5.92 Å². The minimum atomic E-state index is -4.60. The quantitative estimate of drug-likeness (QED) is 0.788. The number of carbonyl (C=O) groups is 2. The minimum Gasteiger partial charge on any atom is -0.440 e. The van der Waals surface area contributed by atoms with Gasteiger partial charge >= 0.3 is 12.3 Å². The molecule has 0 aliphatic heterocycles. The third-order valence-corrected chi connectivity index (χ3v) is 1.79. The lowest BCUT2D eigenvalue weighted by atomic mass is 10.1. The predicted octanol–water partition coefficient (Wildman–Crippen LogP) is 2.06. The second-order valence-corrected chi connectivity index (χ2v) is 3.73. The van der Waals surface area contributed by atoms with Gasteiger partial charge in [0.2, 0.25) is 5.24 Å². The number of alkyl carbamates (subject to hydrolysis) is 1. The molecule has 0 aliphatic carbocycles. The van der Waals surface area contributed by atoms with Gasteiger partial charge in [-0.3, -0.25) is 4.79 Å². The fourth-order valence-corrected chi connectivity index (χ4v) is 1.11. The monoisotopic (exact) mass is 261 g/mol. The molecule has 94 valence electrons. The largest absolute Gasteiger partial charge is 0.440 e. The first kappa shape index (κ1) is 15.0. The molecule has 0 aromatic carbocycles. The van der Waals surface area contributed by atoms with Crippen molar-refractivity contribution in [3.63, 3.8) is 0 Å². The van der Waals surface area contributed by atoms with E-state index in [2.05, 4.69) is 4.74 Å². The van der Waals surface area contributed by atoms with E-state index in [1.54, 1.807) is 13.8 Å². The number of nitrogens with one attached hydrogen (secondary N) is 1. The lowest BCUT2D eigenvalue weighted by Gasteiger charge is -2.18. The fourth-order valence-electron chi connectivity index (χ4n) is 0.801. The SMILES string of the molecule is CC(C)[C@H](NC(=O)OCC(F)(F)F)C(=O)Cl. The van der Waals surface area contributed by atoms with E-state index in [1.165, 1.54) is 0 Å². The molecule has 0 spiro atoms. The third kappa shape index (κ3) is 6.49. The molecule has 0 unspecified atom stereocenters. The predicted molar refractivity (Wildman–Crippen MR) is 50.0 cm³/mol. The maximum Gasteiger partial charge on any atom is 0.422 e. The highest BCUT2D eigenvalue weighted by atomic mass is 35.5. The number of rotatable bonds is 4. The number of ether oxygens (including phenoxy) is 1. The average Bonchev–Trinajstić information content (AvgIpc) is 2.08. The maximum absolute atomic E-state index is 11.7. The summed E-state index contributed by atoms with van der Waals surface area (Å²) in [6.07, 6.45) is -5.93. The van der Waals surface area contributed by atoms with E-state index in [0.717, 1.165) is 0 Å². The summed E-state index contributed by atoms with van der Waals surface area (Å²) in [6.45, 7) is 1.45. The Bertz CT molecular complexity index is 268. The summed E-state index contributed by atoms with van der Waals surface area (Å²) in [4.78, 5) is 21.7. The Balaban J connectivity index is 4.17. The second kappa shape index (κ2) is 5.93. The zero-order chi connectivity index (χ0) is 12.9. The van der Waals surface area contributed by atoms with E-state index in [-0.39, 0.29) is 5.92 Å². The van der Waals surface area contributed by atoms with Crippen LogP contribution in [0, 0.1) is 5.92 Å². The zero-order valence-electron chi connectivity index (χ0n) is 8.60. The van der Waals surface area contributed by atoms with Crippen LogP contribution >= 0.6 is 11.6 Å². The number of carbonyl (C=O) groups excluding carboxylic acids is 2. The summed E-state index contributed by atoms with van der Waals surface area (Å²) in [7, 11) is 0. The van der Waals surface area contributed by atoms with Crippen LogP contribution in [0.2, 0.25) is 0 Å². The summed E-state index contributed by atoms with van der Waals surface area (Å²) < 4.78 is 38.9. The van der Waals surface area contributed by atoms with E-state index in [9.17, 15) is 22.8 Å². The Kier molecular flexibility index (Phi) is 5.57. The molecule has 0 fully saturated rings. The normalized spacial score (nSPS) is 13.4. The highest BCUT2D eigenvalue weighted by molar-refractivity contribution is 6.64. The number of alkyl halides is 3. The Morgan fingerprint density at radius 2 is 1.88 bits per heavy atom. The molecule has 0 saturated heterocycles. The van der Waals surface area contributed by atoms with Crippen molar-refractivity contribution < 1.29 is 27.5 Å². The lowest BCUT2D eigenvalue weighted by molar-refractivity contribution is -0.160. The van der Waals surface area contributed by atoms with Gasteiger partial charge in [-0.25, -0.2) is 4.79 Å². The molecule has 1 amide bonds. The molecule has 0 heterocycles. The molecule has 16 heavy (non-hydrogen) atoms. The van der Waals surface area contributed by atoms with Crippen molar-refractivity contribution in [3.05, 3.63) is 0 Å². The molecular weight excluding hydrogens is 251 g/mol. The molecule has 0 aliphatic rings. The number of amides is 1. The van der Waals surface area contributed by atoms with Gasteiger partial charge in [0.25, 0.3) is 0 Å². The lowest BCUT2D eigenvalue weighted by Crippen LogP contribution is -2.43. The van der Waals surface area contributed by atoms with Crippen LogP contribution in [-0.2, 0) is 9.53 Å². The first-order chi connectivity index (χ1) is 7.13. The molecular formula is C8H11ClF3NO3. The average molecular weight is 262 g/mol. The Hall–Kier alpha value is -0.980. The molecule has 1 atom stereocenters. The molecule has 0 saturated carbocycles. The molecule has 0 radical (unpaired) electrons. The first-order valence-corrected chi connectivity index (χ1v) is 4.70. The van der Waals surface area contributed by atoms with Gasteiger partial charge in [0.1, 0.15) is 6.04 Å². The van der Waals surface area contributed by atoms with Gasteiger partial charge in [0, 0.05) is 0 Å². The van der Waals surface area contributed by atoms with Crippen LogP contribution < -0.4 is 5.32 Å². The van der Waals surface area contributed by atoms with Gasteiger partial charge in [-0.1, -0.05) is 13.8 Å². The van der Waals surface area contributed by atoms with Crippen LogP contribution in [0.1, 0.15) is 13.8 Å². The molecule has 1 N–H and O–H groups in total. The molecule has 0 aromatic heterocycles. The molecule has 4 nitrogen and oxygen atoms in total. The van der Waals surface area contributed by atoms with Crippen LogP contribution in [0.25, 0.3) is 0 Å². The van der Waals surface area contributed by atoms with Gasteiger partial charge in [0.05, 0.1) is 0 Å². The van der Waals surface area contributed by atoms with Crippen molar-refractivity contribution in [2.75, 3.05) is 6.61 Å². The Labute approximate surface area is 95.1 Å². The Morgan fingerprint density at radius 1 is 1.38 bits per heavy atom. The smallest absolute Gasteiger partial charge is 0.422 e. The highest BCUT2D eigenvalue weighted by Gasteiger charge is 2.31. The highest BCUT2D eigenvalue weighted by Crippen LogP contribution is 2.14. The van der Waals surface area contributed by atoms with Gasteiger partial charge < -0.3 is 10.1 Å². The number of hydrogen-bond acceptors (Lipinski definition) is 3. The minimum absolute atomic E-state index is 0.344. The van der Waals surface area contributed by atoms with Crippen LogP contribution in [0.4, 0.5) is 18.0 Å². The van der Waals surface area contributed by atoms with Crippen molar-refractivity contribution in [1.29, 1.82) is 0 Å². The van der Waals surface area contributed by atoms with E-state index >= 15 is 0 Å². The van der Waals surface area contributed by atoms with E-state index in [1.807, 2.05) is 5.32 Å². The molecule has 0 bridgehead atoms. The maximum atomic E-state index is 11.7. The molecule has 0 rings (SSSR count). The van der Waals surface area contributed by atoms with Gasteiger partial charge in [-0.15, -0.1) is 0 Å². The van der Waals surface area contributed by atoms with Crippen molar-refractivity contribution in [1.82, 2.24) is 5.32 Å². The first-order valence-electron chi connectivity index (χ1n) is 4.33. The summed E-state index contributed by atoms with van der Waals surface area (Å²) >= 11 is 5.14. The standard InChI is InChI=1S/C8H11ClF3NO3/c1-4(2)5(6(9)14)13-7(15)16-3-8(10,11)12/h4-5H,3H2,1-2H3,(H,13,15)/t5-/m0/s1. The summed E-state index contributed by atoms with van der Waals surface area (Å²) in [5.74, 6) is -0.344. The summed E-state index contributed by atoms with van der Waals surface area (Å²) in [6, 6.07) is -1.07. The van der Waals surface area contributed by atoms with Crippen molar-refractivity contribution >= 4 is 22.9 Å². The topological polar surface area (TPSA) is 55.4 Å². The van der Waals surface area contributed by atoms with Gasteiger partial charge in [0.15, 0.2) is 6.61 Å². The summed E-state index contributed by atoms with van der Waals surface area (Å²) in [5, 5.41) is 1.08.